The van der Waals surface area contributed by atoms with E-state index in [0.717, 1.165) is 11.3 Å². The topological polar surface area (TPSA) is 113 Å². The molecule has 0 saturated carbocycles. The molecule has 0 radical (unpaired) electrons. The Labute approximate surface area is 148 Å². The largest absolute Gasteiger partial charge is 0.391 e. The zero-order chi connectivity index (χ0) is 18.2. The van der Waals surface area contributed by atoms with E-state index in [9.17, 15) is 26.3 Å². The summed E-state index contributed by atoms with van der Waals surface area (Å²) >= 11 is 1.02. The van der Waals surface area contributed by atoms with Crippen molar-refractivity contribution < 1.29 is 26.3 Å². The Morgan fingerprint density at radius 3 is 2.68 bits per heavy atom. The van der Waals surface area contributed by atoms with Crippen LogP contribution in [0.1, 0.15) is 10.4 Å². The molecule has 1 fully saturated rings. The lowest BCUT2D eigenvalue weighted by atomic mass is 10.1. The second-order valence-electron chi connectivity index (χ2n) is 5.73. The lowest BCUT2D eigenvalue weighted by Gasteiger charge is -2.13. The molecule has 1 saturated heterocycles. The van der Waals surface area contributed by atoms with E-state index in [4.69, 9.17) is 0 Å². The number of sulfonamides is 1. The molecule has 0 spiro atoms. The van der Waals surface area contributed by atoms with E-state index in [0.29, 0.717) is 10.4 Å². The summed E-state index contributed by atoms with van der Waals surface area (Å²) in [5.74, 6) is -1.57. The highest BCUT2D eigenvalue weighted by molar-refractivity contribution is 7.97. The van der Waals surface area contributed by atoms with Gasteiger partial charge in [0.1, 0.15) is 11.1 Å². The van der Waals surface area contributed by atoms with Crippen LogP contribution in [0, 0.1) is 5.82 Å². The summed E-state index contributed by atoms with van der Waals surface area (Å²) in [6, 6.07) is 6.23. The third kappa shape index (κ3) is 4.17. The van der Waals surface area contributed by atoms with Gasteiger partial charge in [0.05, 0.1) is 17.6 Å². The van der Waals surface area contributed by atoms with Crippen LogP contribution in [0.2, 0.25) is 0 Å². The Bertz CT molecular complexity index is 987. The summed E-state index contributed by atoms with van der Waals surface area (Å²) in [4.78, 5) is 4.58. The molecule has 2 aromatic rings. The molecule has 3 rings (SSSR count). The van der Waals surface area contributed by atoms with Gasteiger partial charge in [0, 0.05) is 17.5 Å². The number of thiazole rings is 1. The van der Waals surface area contributed by atoms with Gasteiger partial charge < -0.3 is 5.11 Å². The molecule has 2 atom stereocenters. The van der Waals surface area contributed by atoms with Crippen molar-refractivity contribution in [3.05, 3.63) is 46.7 Å². The van der Waals surface area contributed by atoms with Crippen molar-refractivity contribution in [1.29, 1.82) is 0 Å². The van der Waals surface area contributed by atoms with Gasteiger partial charge in [-0.3, -0.25) is 4.72 Å². The highest BCUT2D eigenvalue weighted by Gasteiger charge is 2.44. The van der Waals surface area contributed by atoms with E-state index in [1.807, 2.05) is 0 Å². The second-order valence-corrected chi connectivity index (χ2v) is 10.9. The van der Waals surface area contributed by atoms with Crippen LogP contribution in [0.5, 0.6) is 0 Å². The van der Waals surface area contributed by atoms with E-state index >= 15 is 0 Å². The molecule has 1 aliphatic rings. The lowest BCUT2D eigenvalue weighted by molar-refractivity contribution is 0.204. The standard InChI is InChI=1S/C14H15FN2O5S3/c15-11-4-2-1-3-9(11)5-10-6-16-14(23-10)17-25(21,22)13-8-24(19,20)7-12(13)18/h1-4,6,12-13,18H,5,7-8H2,(H,16,17)/t12-,13+/m0/s1. The molecule has 0 aliphatic carbocycles. The summed E-state index contributed by atoms with van der Waals surface area (Å²) in [5.41, 5.74) is 0.456. The monoisotopic (exact) mass is 406 g/mol. The third-order valence-corrected chi connectivity index (χ3v) is 8.50. The molecular formula is C14H15FN2O5S3. The molecule has 2 N–H and O–H groups in total. The average Bonchev–Trinajstić information content (AvgIpc) is 3.04. The zero-order valence-electron chi connectivity index (χ0n) is 12.8. The lowest BCUT2D eigenvalue weighted by Crippen LogP contribution is -2.36. The van der Waals surface area contributed by atoms with Crippen LogP contribution < -0.4 is 4.72 Å². The predicted molar refractivity (Wildman–Crippen MR) is 92.3 cm³/mol. The fourth-order valence-corrected chi connectivity index (χ4v) is 7.79. The number of hydrogen-bond acceptors (Lipinski definition) is 7. The first-order chi connectivity index (χ1) is 11.7. The molecule has 0 amide bonds. The number of anilines is 1. The Hall–Kier alpha value is -1.56. The van der Waals surface area contributed by atoms with Gasteiger partial charge in [0.2, 0.25) is 10.0 Å². The van der Waals surface area contributed by atoms with Gasteiger partial charge >= 0.3 is 0 Å². The van der Waals surface area contributed by atoms with Crippen LogP contribution in [0.15, 0.2) is 30.5 Å². The number of sulfone groups is 1. The smallest absolute Gasteiger partial charge is 0.240 e. The van der Waals surface area contributed by atoms with Crippen molar-refractivity contribution in [2.24, 2.45) is 0 Å². The first-order valence-corrected chi connectivity index (χ1v) is 11.4. The normalized spacial score (nSPS) is 22.8. The van der Waals surface area contributed by atoms with E-state index in [2.05, 4.69) is 9.71 Å². The molecule has 7 nitrogen and oxygen atoms in total. The third-order valence-electron chi connectivity index (χ3n) is 3.78. The van der Waals surface area contributed by atoms with Crippen LogP contribution >= 0.6 is 11.3 Å². The van der Waals surface area contributed by atoms with Crippen molar-refractivity contribution in [3.63, 3.8) is 0 Å². The fraction of sp³-hybridized carbons (Fsp3) is 0.357. The number of aliphatic hydroxyl groups is 1. The summed E-state index contributed by atoms with van der Waals surface area (Å²) in [6.45, 7) is 0. The number of nitrogens with zero attached hydrogens (tertiary/aromatic N) is 1. The second kappa shape index (κ2) is 6.63. The Morgan fingerprint density at radius 1 is 1.32 bits per heavy atom. The number of hydrogen-bond donors (Lipinski definition) is 2. The van der Waals surface area contributed by atoms with E-state index in [1.165, 1.54) is 12.3 Å². The van der Waals surface area contributed by atoms with Crippen molar-refractivity contribution in [2.45, 2.75) is 17.8 Å². The molecule has 0 bridgehead atoms. The zero-order valence-corrected chi connectivity index (χ0v) is 15.2. The fourth-order valence-electron chi connectivity index (χ4n) is 2.56. The highest BCUT2D eigenvalue weighted by Crippen LogP contribution is 2.26. The number of nitrogens with one attached hydrogen (secondary N) is 1. The molecule has 25 heavy (non-hydrogen) atoms. The molecular weight excluding hydrogens is 391 g/mol. The van der Waals surface area contributed by atoms with E-state index < -0.39 is 42.7 Å². The number of aliphatic hydroxyl groups excluding tert-OH is 1. The maximum absolute atomic E-state index is 13.7. The van der Waals surface area contributed by atoms with Gasteiger partial charge in [-0.05, 0) is 11.6 Å². The average molecular weight is 406 g/mol. The molecule has 1 aromatic carbocycles. The van der Waals surface area contributed by atoms with Crippen molar-refractivity contribution in [1.82, 2.24) is 4.98 Å². The van der Waals surface area contributed by atoms with Crippen LogP contribution in [0.25, 0.3) is 0 Å². The number of rotatable bonds is 5. The summed E-state index contributed by atoms with van der Waals surface area (Å²) in [5, 5.41) is 8.32. The Morgan fingerprint density at radius 2 is 2.04 bits per heavy atom. The van der Waals surface area contributed by atoms with Gasteiger partial charge in [-0.15, -0.1) is 11.3 Å². The molecule has 1 aliphatic heterocycles. The quantitative estimate of drug-likeness (QED) is 0.758. The van der Waals surface area contributed by atoms with Gasteiger partial charge in [-0.1, -0.05) is 18.2 Å². The van der Waals surface area contributed by atoms with Gasteiger partial charge in [0.25, 0.3) is 0 Å². The van der Waals surface area contributed by atoms with Gasteiger partial charge in [0.15, 0.2) is 15.0 Å². The minimum absolute atomic E-state index is 0.0443. The van der Waals surface area contributed by atoms with Crippen LogP contribution in [-0.4, -0.2) is 49.8 Å². The highest BCUT2D eigenvalue weighted by atomic mass is 32.2. The molecule has 1 aromatic heterocycles. The van der Waals surface area contributed by atoms with Crippen LogP contribution in [0.3, 0.4) is 0 Å². The van der Waals surface area contributed by atoms with E-state index in [1.54, 1.807) is 18.2 Å². The molecule has 2 heterocycles. The minimum Gasteiger partial charge on any atom is -0.391 e. The van der Waals surface area contributed by atoms with Crippen LogP contribution in [0.4, 0.5) is 9.52 Å². The van der Waals surface area contributed by atoms with Crippen molar-refractivity contribution in [3.8, 4) is 0 Å². The molecule has 136 valence electrons. The SMILES string of the molecule is O=S1(=O)C[C@@H](S(=O)(=O)Nc2ncc(Cc3ccccc3F)s2)[C@@H](O)C1. The number of halogens is 1. The van der Waals surface area contributed by atoms with Crippen molar-refractivity contribution >= 4 is 36.3 Å². The summed E-state index contributed by atoms with van der Waals surface area (Å²) in [6.07, 6.45) is 0.212. The first kappa shape index (κ1) is 18.2. The molecule has 0 unspecified atom stereocenters. The van der Waals surface area contributed by atoms with Crippen LogP contribution in [-0.2, 0) is 26.3 Å². The maximum atomic E-state index is 13.7. The van der Waals surface area contributed by atoms with E-state index in [-0.39, 0.29) is 17.4 Å². The Balaban J connectivity index is 1.74. The maximum Gasteiger partial charge on any atom is 0.240 e. The summed E-state index contributed by atoms with van der Waals surface area (Å²) in [7, 11) is -7.69. The van der Waals surface area contributed by atoms with Gasteiger partial charge in [-0.25, -0.2) is 26.2 Å². The summed E-state index contributed by atoms with van der Waals surface area (Å²) < 4.78 is 63.4. The minimum atomic E-state index is -4.11. The Kier molecular flexibility index (Phi) is 4.84. The molecule has 11 heteroatoms. The number of aromatic nitrogens is 1. The predicted octanol–water partition coefficient (Wildman–Crippen LogP) is 0.773. The number of benzene rings is 1. The van der Waals surface area contributed by atoms with Crippen molar-refractivity contribution in [2.75, 3.05) is 16.2 Å². The van der Waals surface area contributed by atoms with Gasteiger partial charge in [-0.2, -0.15) is 0 Å². The first-order valence-electron chi connectivity index (χ1n) is 7.24.